The van der Waals surface area contributed by atoms with Crippen molar-refractivity contribution in [1.29, 1.82) is 0 Å². The Morgan fingerprint density at radius 1 is 1.00 bits per heavy atom. The summed E-state index contributed by atoms with van der Waals surface area (Å²) in [5.74, 6) is -0.649. The monoisotopic (exact) mass is 393 g/mol. The van der Waals surface area contributed by atoms with Crippen LogP contribution in [0.4, 0.5) is 5.69 Å². The molecule has 0 saturated heterocycles. The van der Waals surface area contributed by atoms with Gasteiger partial charge in [-0.05, 0) is 48.2 Å². The van der Waals surface area contributed by atoms with E-state index in [1.165, 1.54) is 6.92 Å². The van der Waals surface area contributed by atoms with Crippen LogP contribution in [0.3, 0.4) is 0 Å². The number of carbonyl (C=O) groups excluding carboxylic acids is 3. The van der Waals surface area contributed by atoms with Gasteiger partial charge in [-0.1, -0.05) is 36.4 Å². The number of anilines is 1. The lowest BCUT2D eigenvalue weighted by Gasteiger charge is -2.12. The van der Waals surface area contributed by atoms with E-state index in [1.807, 2.05) is 43.3 Å². The van der Waals surface area contributed by atoms with E-state index >= 15 is 0 Å². The van der Waals surface area contributed by atoms with Gasteiger partial charge in [0, 0.05) is 33.1 Å². The minimum Gasteiger partial charge on any atom is -0.349 e. The second-order valence-electron chi connectivity index (χ2n) is 7.04. The highest BCUT2D eigenvalue weighted by molar-refractivity contribution is 6.08. The quantitative estimate of drug-likeness (QED) is 0.710. The Bertz CT molecular complexity index is 915. The van der Waals surface area contributed by atoms with Crippen molar-refractivity contribution in [2.45, 2.75) is 26.7 Å². The standard InChI is InChI=1S/C23H27N3O3/c1-16-7-5-6-8-19(16)15-21(24-17(2)27)23(29)25-20-12-9-18(10-13-20)11-14-22(28)26(3)4/h5-10,12-13,15H,11,14H2,1-4H3,(H,24,27)(H,25,29)/b21-15-. The fourth-order valence-electron chi connectivity index (χ4n) is 2.68. The lowest BCUT2D eigenvalue weighted by Crippen LogP contribution is -2.29. The highest BCUT2D eigenvalue weighted by Gasteiger charge is 2.12. The Labute approximate surface area is 171 Å². The summed E-state index contributed by atoms with van der Waals surface area (Å²) in [5.41, 5.74) is 3.65. The normalized spacial score (nSPS) is 11.0. The van der Waals surface area contributed by atoms with Crippen molar-refractivity contribution < 1.29 is 14.4 Å². The van der Waals surface area contributed by atoms with Crippen molar-refractivity contribution in [2.24, 2.45) is 0 Å². The molecule has 0 radical (unpaired) electrons. The average molecular weight is 393 g/mol. The first-order valence-corrected chi connectivity index (χ1v) is 9.41. The van der Waals surface area contributed by atoms with E-state index in [-0.39, 0.29) is 17.5 Å². The van der Waals surface area contributed by atoms with E-state index in [0.717, 1.165) is 16.7 Å². The average Bonchev–Trinajstić information content (AvgIpc) is 2.67. The first kappa shape index (κ1) is 21.9. The molecule has 0 spiro atoms. The molecule has 2 rings (SSSR count). The van der Waals surface area contributed by atoms with Gasteiger partial charge in [0.2, 0.25) is 11.8 Å². The summed E-state index contributed by atoms with van der Waals surface area (Å²) in [6.45, 7) is 3.30. The minimum absolute atomic E-state index is 0.0728. The maximum Gasteiger partial charge on any atom is 0.272 e. The second kappa shape index (κ2) is 10.2. The molecule has 0 saturated carbocycles. The van der Waals surface area contributed by atoms with Crippen LogP contribution in [-0.4, -0.2) is 36.7 Å². The van der Waals surface area contributed by atoms with Gasteiger partial charge in [-0.3, -0.25) is 14.4 Å². The molecular weight excluding hydrogens is 366 g/mol. The van der Waals surface area contributed by atoms with E-state index < -0.39 is 5.91 Å². The van der Waals surface area contributed by atoms with Crippen LogP contribution in [0.25, 0.3) is 6.08 Å². The predicted molar refractivity (Wildman–Crippen MR) is 115 cm³/mol. The molecule has 3 amide bonds. The van der Waals surface area contributed by atoms with Crippen molar-refractivity contribution in [2.75, 3.05) is 19.4 Å². The van der Waals surface area contributed by atoms with Gasteiger partial charge in [0.1, 0.15) is 5.70 Å². The summed E-state index contributed by atoms with van der Waals surface area (Å²) in [4.78, 5) is 37.5. The van der Waals surface area contributed by atoms with E-state index in [1.54, 1.807) is 37.2 Å². The van der Waals surface area contributed by atoms with Crippen molar-refractivity contribution >= 4 is 29.5 Å². The highest BCUT2D eigenvalue weighted by Crippen LogP contribution is 2.15. The Kier molecular flexibility index (Phi) is 7.71. The molecule has 0 aliphatic heterocycles. The summed E-state index contributed by atoms with van der Waals surface area (Å²) in [6.07, 6.45) is 2.73. The van der Waals surface area contributed by atoms with Crippen molar-refractivity contribution in [3.8, 4) is 0 Å². The molecule has 0 fully saturated rings. The van der Waals surface area contributed by atoms with Gasteiger partial charge in [-0.15, -0.1) is 0 Å². The number of nitrogens with zero attached hydrogens (tertiary/aromatic N) is 1. The van der Waals surface area contributed by atoms with E-state index in [9.17, 15) is 14.4 Å². The lowest BCUT2D eigenvalue weighted by molar-refractivity contribution is -0.128. The van der Waals surface area contributed by atoms with Crippen molar-refractivity contribution in [3.05, 3.63) is 70.9 Å². The number of nitrogens with one attached hydrogen (secondary N) is 2. The maximum atomic E-state index is 12.7. The third kappa shape index (κ3) is 6.92. The third-order valence-electron chi connectivity index (χ3n) is 4.38. The molecular formula is C23H27N3O3. The second-order valence-corrected chi connectivity index (χ2v) is 7.04. The van der Waals surface area contributed by atoms with Crippen LogP contribution in [0, 0.1) is 6.92 Å². The summed E-state index contributed by atoms with van der Waals surface area (Å²) in [7, 11) is 3.47. The van der Waals surface area contributed by atoms with Gasteiger partial charge < -0.3 is 15.5 Å². The van der Waals surface area contributed by atoms with Crippen LogP contribution in [0.1, 0.15) is 30.0 Å². The fraction of sp³-hybridized carbons (Fsp3) is 0.261. The number of rotatable bonds is 7. The topological polar surface area (TPSA) is 78.5 Å². The van der Waals surface area contributed by atoms with Crippen LogP contribution in [-0.2, 0) is 20.8 Å². The van der Waals surface area contributed by atoms with Crippen molar-refractivity contribution in [1.82, 2.24) is 10.2 Å². The molecule has 29 heavy (non-hydrogen) atoms. The SMILES string of the molecule is CC(=O)N/C(=C\c1ccccc1C)C(=O)Nc1ccc(CCC(=O)N(C)C)cc1. The van der Waals surface area contributed by atoms with Gasteiger partial charge in [0.25, 0.3) is 5.91 Å². The van der Waals surface area contributed by atoms with Crippen molar-refractivity contribution in [3.63, 3.8) is 0 Å². The number of hydrogen-bond donors (Lipinski definition) is 2. The van der Waals surface area contributed by atoms with Crippen LogP contribution in [0.2, 0.25) is 0 Å². The molecule has 0 aromatic heterocycles. The summed E-state index contributed by atoms with van der Waals surface area (Å²) < 4.78 is 0. The Morgan fingerprint density at radius 2 is 1.66 bits per heavy atom. The van der Waals surface area contributed by atoms with E-state index in [0.29, 0.717) is 18.5 Å². The van der Waals surface area contributed by atoms with E-state index in [2.05, 4.69) is 10.6 Å². The van der Waals surface area contributed by atoms with Gasteiger partial charge in [-0.25, -0.2) is 0 Å². The smallest absolute Gasteiger partial charge is 0.272 e. The van der Waals surface area contributed by atoms with Crippen LogP contribution in [0.5, 0.6) is 0 Å². The minimum atomic E-state index is -0.404. The molecule has 2 N–H and O–H groups in total. The largest absolute Gasteiger partial charge is 0.349 e. The first-order chi connectivity index (χ1) is 13.8. The maximum absolute atomic E-state index is 12.7. The lowest BCUT2D eigenvalue weighted by atomic mass is 10.1. The molecule has 0 heterocycles. The van der Waals surface area contributed by atoms with Gasteiger partial charge in [0.05, 0.1) is 0 Å². The zero-order chi connectivity index (χ0) is 21.4. The molecule has 0 aliphatic rings. The van der Waals surface area contributed by atoms with Gasteiger partial charge in [-0.2, -0.15) is 0 Å². The first-order valence-electron chi connectivity index (χ1n) is 9.41. The molecule has 152 valence electrons. The summed E-state index contributed by atoms with van der Waals surface area (Å²) >= 11 is 0. The van der Waals surface area contributed by atoms with E-state index in [4.69, 9.17) is 0 Å². The third-order valence-corrected chi connectivity index (χ3v) is 4.38. The predicted octanol–water partition coefficient (Wildman–Crippen LogP) is 3.13. The molecule has 2 aromatic rings. The van der Waals surface area contributed by atoms with Crippen LogP contribution in [0.15, 0.2) is 54.2 Å². The number of benzene rings is 2. The summed E-state index contributed by atoms with van der Waals surface area (Å²) in [6, 6.07) is 14.9. The molecule has 2 aromatic carbocycles. The Balaban J connectivity index is 2.10. The molecule has 0 unspecified atom stereocenters. The van der Waals surface area contributed by atoms with Gasteiger partial charge >= 0.3 is 0 Å². The molecule has 6 heteroatoms. The molecule has 0 atom stereocenters. The fourth-order valence-corrected chi connectivity index (χ4v) is 2.68. The number of amides is 3. The van der Waals surface area contributed by atoms with Gasteiger partial charge in [0.15, 0.2) is 0 Å². The Morgan fingerprint density at radius 3 is 2.24 bits per heavy atom. The molecule has 6 nitrogen and oxygen atoms in total. The highest BCUT2D eigenvalue weighted by atomic mass is 16.2. The zero-order valence-electron chi connectivity index (χ0n) is 17.3. The number of aryl methyl sites for hydroxylation is 2. The summed E-state index contributed by atoms with van der Waals surface area (Å²) in [5, 5.41) is 5.40. The Hall–Kier alpha value is -3.41. The zero-order valence-corrected chi connectivity index (χ0v) is 17.3. The van der Waals surface area contributed by atoms with Crippen LogP contribution < -0.4 is 10.6 Å². The molecule has 0 aliphatic carbocycles. The van der Waals surface area contributed by atoms with Crippen LogP contribution >= 0.6 is 0 Å². The number of hydrogen-bond acceptors (Lipinski definition) is 3. The number of carbonyl (C=O) groups is 3. The molecule has 0 bridgehead atoms.